The summed E-state index contributed by atoms with van der Waals surface area (Å²) in [5.74, 6) is -0.191. The van der Waals surface area contributed by atoms with Gasteiger partial charge >= 0.3 is 5.97 Å². The second-order valence-corrected chi connectivity index (χ2v) is 26.3. The predicted molar refractivity (Wildman–Crippen MR) is 380 cm³/mol. The van der Waals surface area contributed by atoms with Gasteiger partial charge in [-0.05, 0) is 103 Å². The second kappa shape index (κ2) is 67.5. The maximum atomic E-state index is 13.0. The lowest BCUT2D eigenvalue weighted by atomic mass is 9.99. The summed E-state index contributed by atoms with van der Waals surface area (Å²) in [7, 11) is 0. The van der Waals surface area contributed by atoms with Crippen LogP contribution in [0.5, 0.6) is 0 Å². The first-order valence-corrected chi connectivity index (χ1v) is 38.2. The van der Waals surface area contributed by atoms with E-state index in [9.17, 15) is 35.1 Å². The van der Waals surface area contributed by atoms with Gasteiger partial charge in [0.2, 0.25) is 5.91 Å². The number of aliphatic hydroxyl groups excluding tert-OH is 5. The summed E-state index contributed by atoms with van der Waals surface area (Å²) in [4.78, 5) is 25.1. The van der Waals surface area contributed by atoms with E-state index in [0.29, 0.717) is 19.4 Å². The second-order valence-electron chi connectivity index (χ2n) is 26.3. The number of hydrogen-bond acceptors (Lipinski definition) is 10. The van der Waals surface area contributed by atoms with Crippen molar-refractivity contribution in [2.75, 3.05) is 19.8 Å². The maximum absolute atomic E-state index is 13.0. The van der Waals surface area contributed by atoms with Crippen LogP contribution >= 0.6 is 0 Å². The number of ether oxygens (including phenoxy) is 3. The SMILES string of the molecule is CCCC/C=C\C/C=C\CCCCCCCC(=O)OCCCCCCCCCCCCCCCCC/C=C\C/C=C\CCCCCCCCCCCCCCCCCCCC(=O)NC(COC1OC(CO)C(O)C(O)C1O)C(O)/C=C/CC/C=C/CCCCC. The van der Waals surface area contributed by atoms with E-state index < -0.39 is 49.5 Å². The molecule has 6 N–H and O–H groups in total. The van der Waals surface area contributed by atoms with Gasteiger partial charge in [0.25, 0.3) is 0 Å². The van der Waals surface area contributed by atoms with Crippen LogP contribution in [-0.4, -0.2) is 100 Å². The highest BCUT2D eigenvalue weighted by molar-refractivity contribution is 5.76. The number of rotatable bonds is 67. The van der Waals surface area contributed by atoms with Crippen molar-refractivity contribution in [1.82, 2.24) is 5.32 Å². The van der Waals surface area contributed by atoms with Crippen LogP contribution in [0.4, 0.5) is 0 Å². The zero-order valence-corrected chi connectivity index (χ0v) is 58.3. The van der Waals surface area contributed by atoms with Gasteiger partial charge in [-0.1, -0.05) is 311 Å². The highest BCUT2D eigenvalue weighted by Crippen LogP contribution is 2.23. The van der Waals surface area contributed by atoms with Crippen molar-refractivity contribution in [1.29, 1.82) is 0 Å². The molecule has 90 heavy (non-hydrogen) atoms. The molecule has 1 saturated heterocycles. The lowest BCUT2D eigenvalue weighted by Crippen LogP contribution is -2.60. The standard InChI is InChI=1S/C79H143NO10/c1-3-5-7-9-11-13-14-15-44-47-51-55-59-63-67-75(84)88-68-64-60-56-52-48-45-42-40-38-36-34-32-30-28-26-24-22-20-18-16-17-19-21-23-25-27-29-31-33-35-37-39-41-43-46-50-54-58-62-66-74(83)80-71(72(82)65-61-57-53-49-12-10-8-6-4-2)70-89-79-78(87)77(86)76(85)73(69-81)90-79/h9,11-12,14-17,20,22,49,61,65,71-73,76-79,81-82,85-87H,3-8,10,13,18-19,21,23-48,50-60,62-64,66-70H2,1-2H3,(H,80,83)/b11-9-,15-14-,17-16-,22-20-,49-12+,65-61+. The monoisotopic (exact) mass is 1270 g/mol. The fraction of sp³-hybridized carbons (Fsp3) is 0.823. The maximum Gasteiger partial charge on any atom is 0.305 e. The molecule has 1 heterocycles. The Kier molecular flexibility index (Phi) is 63.9. The Labute approximate surface area is 553 Å². The van der Waals surface area contributed by atoms with Gasteiger partial charge in [0.1, 0.15) is 24.4 Å². The Morgan fingerprint density at radius 1 is 0.411 bits per heavy atom. The van der Waals surface area contributed by atoms with E-state index >= 15 is 0 Å². The molecular weight excluding hydrogens is 1120 g/mol. The minimum Gasteiger partial charge on any atom is -0.466 e. The van der Waals surface area contributed by atoms with E-state index in [1.165, 1.54) is 257 Å². The van der Waals surface area contributed by atoms with Crippen molar-refractivity contribution in [3.63, 3.8) is 0 Å². The number of nitrogens with one attached hydrogen (secondary N) is 1. The predicted octanol–water partition coefficient (Wildman–Crippen LogP) is 20.2. The fourth-order valence-corrected chi connectivity index (χ4v) is 11.7. The quantitative estimate of drug-likeness (QED) is 0.0195. The average molecular weight is 1270 g/mol. The van der Waals surface area contributed by atoms with Crippen LogP contribution in [-0.2, 0) is 23.8 Å². The molecule has 1 rings (SSSR count). The van der Waals surface area contributed by atoms with Crippen molar-refractivity contribution in [2.24, 2.45) is 0 Å². The first-order valence-electron chi connectivity index (χ1n) is 38.2. The first kappa shape index (κ1) is 85.1. The van der Waals surface area contributed by atoms with Crippen LogP contribution in [0.3, 0.4) is 0 Å². The number of aliphatic hydroxyl groups is 5. The van der Waals surface area contributed by atoms with Crippen molar-refractivity contribution in [2.45, 2.75) is 397 Å². The Morgan fingerprint density at radius 3 is 1.20 bits per heavy atom. The number of esters is 1. The minimum absolute atomic E-state index is 0.000561. The Bertz CT molecular complexity index is 1730. The number of allylic oxidation sites excluding steroid dienone is 11. The van der Waals surface area contributed by atoms with E-state index in [1.54, 1.807) is 6.08 Å². The van der Waals surface area contributed by atoms with E-state index in [-0.39, 0.29) is 18.5 Å². The minimum atomic E-state index is -1.57. The average Bonchev–Trinajstić information content (AvgIpc) is 1.59. The van der Waals surface area contributed by atoms with Gasteiger partial charge in [-0.2, -0.15) is 0 Å². The van der Waals surface area contributed by atoms with Gasteiger partial charge in [0.05, 0.1) is 32.0 Å². The third-order valence-corrected chi connectivity index (χ3v) is 17.8. The molecule has 1 aliphatic heterocycles. The lowest BCUT2D eigenvalue weighted by Gasteiger charge is -2.40. The normalized spacial score (nSPS) is 18.1. The van der Waals surface area contributed by atoms with Gasteiger partial charge < -0.3 is 45.1 Å². The topological polar surface area (TPSA) is 175 Å². The molecule has 0 saturated carbocycles. The van der Waals surface area contributed by atoms with Crippen molar-refractivity contribution in [3.05, 3.63) is 72.9 Å². The van der Waals surface area contributed by atoms with Gasteiger partial charge in [0.15, 0.2) is 6.29 Å². The molecule has 1 aliphatic rings. The number of unbranched alkanes of at least 4 members (excludes halogenated alkanes) is 43. The fourth-order valence-electron chi connectivity index (χ4n) is 11.7. The molecule has 11 nitrogen and oxygen atoms in total. The number of carbonyl (C=O) groups excluding carboxylic acids is 2. The van der Waals surface area contributed by atoms with Crippen LogP contribution in [0.25, 0.3) is 0 Å². The van der Waals surface area contributed by atoms with Gasteiger partial charge in [-0.3, -0.25) is 9.59 Å². The molecule has 0 spiro atoms. The summed E-state index contributed by atoms with van der Waals surface area (Å²) in [5, 5.41) is 54.3. The van der Waals surface area contributed by atoms with Crippen LogP contribution < -0.4 is 5.32 Å². The van der Waals surface area contributed by atoms with Crippen molar-refractivity contribution in [3.8, 4) is 0 Å². The Hall–Kier alpha value is -2.90. The highest BCUT2D eigenvalue weighted by atomic mass is 16.7. The highest BCUT2D eigenvalue weighted by Gasteiger charge is 2.44. The Balaban J connectivity index is 1.88. The van der Waals surface area contributed by atoms with E-state index in [0.717, 1.165) is 70.6 Å². The summed E-state index contributed by atoms with van der Waals surface area (Å²) in [6, 6.07) is -0.825. The third kappa shape index (κ3) is 55.5. The molecule has 0 aliphatic carbocycles. The summed E-state index contributed by atoms with van der Waals surface area (Å²) in [6.07, 6.45) is 82.4. The first-order chi connectivity index (χ1) is 44.2. The van der Waals surface area contributed by atoms with E-state index in [1.807, 2.05) is 6.08 Å². The molecule has 0 aromatic rings. The molecule has 11 heteroatoms. The molecule has 7 atom stereocenters. The summed E-state index contributed by atoms with van der Waals surface area (Å²) in [5.41, 5.74) is 0. The molecule has 1 fully saturated rings. The summed E-state index contributed by atoms with van der Waals surface area (Å²) in [6.45, 7) is 4.26. The molecular formula is C79H143NO10. The van der Waals surface area contributed by atoms with Gasteiger partial charge in [0, 0.05) is 12.8 Å². The largest absolute Gasteiger partial charge is 0.466 e. The number of carbonyl (C=O) groups is 2. The van der Waals surface area contributed by atoms with E-state index in [4.69, 9.17) is 14.2 Å². The zero-order valence-electron chi connectivity index (χ0n) is 58.3. The smallest absolute Gasteiger partial charge is 0.305 e. The van der Waals surface area contributed by atoms with Crippen LogP contribution in [0.1, 0.15) is 354 Å². The van der Waals surface area contributed by atoms with Gasteiger partial charge in [-0.25, -0.2) is 0 Å². The molecule has 524 valence electrons. The molecule has 0 bridgehead atoms. The molecule has 7 unspecified atom stereocenters. The van der Waals surface area contributed by atoms with Crippen molar-refractivity contribution < 1.29 is 49.3 Å². The van der Waals surface area contributed by atoms with E-state index in [2.05, 4.69) is 79.9 Å². The van der Waals surface area contributed by atoms with Crippen LogP contribution in [0, 0.1) is 0 Å². The summed E-state index contributed by atoms with van der Waals surface area (Å²) >= 11 is 0. The molecule has 0 aromatic heterocycles. The van der Waals surface area contributed by atoms with Crippen LogP contribution in [0.2, 0.25) is 0 Å². The Morgan fingerprint density at radius 2 is 0.767 bits per heavy atom. The number of hydrogen-bond donors (Lipinski definition) is 6. The van der Waals surface area contributed by atoms with Crippen LogP contribution in [0.15, 0.2) is 72.9 Å². The van der Waals surface area contributed by atoms with Gasteiger partial charge in [-0.15, -0.1) is 0 Å². The van der Waals surface area contributed by atoms with Crippen molar-refractivity contribution >= 4 is 11.9 Å². The molecule has 0 aromatic carbocycles. The zero-order chi connectivity index (χ0) is 65.1. The number of amides is 1. The molecule has 1 amide bonds. The third-order valence-electron chi connectivity index (χ3n) is 17.8. The summed E-state index contributed by atoms with van der Waals surface area (Å²) < 4.78 is 16.7. The lowest BCUT2D eigenvalue weighted by molar-refractivity contribution is -0.302. The molecule has 0 radical (unpaired) electrons.